The number of hydrogen-bond donors (Lipinski definition) is 0. The maximum absolute atomic E-state index is 11.3. The molecule has 116 valence electrons. The van der Waals surface area contributed by atoms with Crippen molar-refractivity contribution in [1.82, 2.24) is 0 Å². The van der Waals surface area contributed by atoms with Gasteiger partial charge in [-0.25, -0.2) is 0 Å². The summed E-state index contributed by atoms with van der Waals surface area (Å²) >= 11 is 3.66. The SMILES string of the molecule is C#C/C=C\C[C@@H]1OC([C@H](Br)CC)C/C=C\C[C@@H]1OC(C)=O. The summed E-state index contributed by atoms with van der Waals surface area (Å²) in [7, 11) is 0. The third-order valence-corrected chi connectivity index (χ3v) is 4.60. The monoisotopic (exact) mass is 354 g/mol. The van der Waals surface area contributed by atoms with Crippen molar-refractivity contribution in [1.29, 1.82) is 0 Å². The fraction of sp³-hybridized carbons (Fsp3) is 0.588. The normalized spacial score (nSPS) is 29.1. The highest BCUT2D eigenvalue weighted by Crippen LogP contribution is 2.25. The summed E-state index contributed by atoms with van der Waals surface area (Å²) in [6.45, 7) is 3.54. The first-order chi connectivity index (χ1) is 10.1. The Hall–Kier alpha value is -1.05. The van der Waals surface area contributed by atoms with Gasteiger partial charge in [0, 0.05) is 18.2 Å². The highest BCUT2D eigenvalue weighted by atomic mass is 79.9. The zero-order valence-corrected chi connectivity index (χ0v) is 14.2. The first-order valence-corrected chi connectivity index (χ1v) is 8.22. The first kappa shape index (κ1) is 18.0. The summed E-state index contributed by atoms with van der Waals surface area (Å²) in [4.78, 5) is 11.6. The predicted octanol–water partition coefficient (Wildman–Crippen LogP) is 3.77. The van der Waals surface area contributed by atoms with Crippen LogP contribution in [0.15, 0.2) is 24.3 Å². The van der Waals surface area contributed by atoms with Crippen LogP contribution in [-0.2, 0) is 14.3 Å². The first-order valence-electron chi connectivity index (χ1n) is 7.31. The number of terminal acetylenes is 1. The van der Waals surface area contributed by atoms with Crippen molar-refractivity contribution in [2.75, 3.05) is 0 Å². The van der Waals surface area contributed by atoms with Crippen molar-refractivity contribution in [2.24, 2.45) is 0 Å². The van der Waals surface area contributed by atoms with Crippen LogP contribution >= 0.6 is 15.9 Å². The van der Waals surface area contributed by atoms with E-state index >= 15 is 0 Å². The standard InChI is InChI=1S/C17H23BrO3/c1-4-6-7-11-17-16(20-13(3)19)12-9-8-10-15(21-17)14(18)5-2/h1,6-9,14-17H,5,10-12H2,2-3H3/b7-6-,9-8-/t14-,15?,16+,17+/m1/s1. The van der Waals surface area contributed by atoms with E-state index in [0.717, 1.165) is 12.8 Å². The van der Waals surface area contributed by atoms with Gasteiger partial charge in [0.25, 0.3) is 0 Å². The van der Waals surface area contributed by atoms with Crippen LogP contribution in [0, 0.1) is 12.3 Å². The zero-order valence-electron chi connectivity index (χ0n) is 12.6. The Balaban J connectivity index is 2.86. The molecular formula is C17H23BrO3. The number of alkyl halides is 1. The summed E-state index contributed by atoms with van der Waals surface area (Å²) in [5.74, 6) is 2.18. The lowest BCUT2D eigenvalue weighted by Gasteiger charge is -2.32. The van der Waals surface area contributed by atoms with Gasteiger partial charge >= 0.3 is 5.97 Å². The van der Waals surface area contributed by atoms with E-state index < -0.39 is 0 Å². The number of ether oxygens (including phenoxy) is 2. The largest absolute Gasteiger partial charge is 0.459 e. The molecule has 1 aliphatic heterocycles. The quantitative estimate of drug-likeness (QED) is 0.326. The van der Waals surface area contributed by atoms with Gasteiger partial charge in [-0.05, 0) is 25.3 Å². The van der Waals surface area contributed by atoms with E-state index in [-0.39, 0.29) is 29.1 Å². The molecule has 0 aromatic heterocycles. The molecule has 0 radical (unpaired) electrons. The minimum absolute atomic E-state index is 0.0637. The fourth-order valence-corrected chi connectivity index (χ4v) is 2.63. The van der Waals surface area contributed by atoms with Gasteiger partial charge in [-0.3, -0.25) is 4.79 Å². The van der Waals surface area contributed by atoms with Crippen LogP contribution < -0.4 is 0 Å². The third-order valence-electron chi connectivity index (χ3n) is 3.36. The number of esters is 1. The Kier molecular flexibility index (Phi) is 8.41. The molecule has 0 aromatic carbocycles. The fourth-order valence-electron chi connectivity index (χ4n) is 2.29. The lowest BCUT2D eigenvalue weighted by atomic mass is 10.0. The average molecular weight is 355 g/mol. The molecule has 0 saturated heterocycles. The zero-order chi connectivity index (χ0) is 15.7. The Morgan fingerprint density at radius 2 is 2.29 bits per heavy atom. The van der Waals surface area contributed by atoms with Crippen LogP contribution in [0.3, 0.4) is 0 Å². The molecule has 0 N–H and O–H groups in total. The molecule has 1 rings (SSSR count). The smallest absolute Gasteiger partial charge is 0.303 e. The van der Waals surface area contributed by atoms with Crippen LogP contribution in [0.5, 0.6) is 0 Å². The van der Waals surface area contributed by atoms with Gasteiger partial charge in [0.1, 0.15) is 6.10 Å². The Labute approximate surface area is 135 Å². The van der Waals surface area contributed by atoms with Gasteiger partial charge in [-0.2, -0.15) is 0 Å². The Morgan fingerprint density at radius 3 is 2.90 bits per heavy atom. The van der Waals surface area contributed by atoms with Gasteiger partial charge in [0.2, 0.25) is 0 Å². The van der Waals surface area contributed by atoms with Gasteiger partial charge in [-0.1, -0.05) is 47.0 Å². The van der Waals surface area contributed by atoms with E-state index in [0.29, 0.717) is 12.8 Å². The molecule has 0 amide bonds. The second kappa shape index (κ2) is 9.81. The Morgan fingerprint density at radius 1 is 1.57 bits per heavy atom. The molecule has 4 heteroatoms. The van der Waals surface area contributed by atoms with Gasteiger partial charge in [0.05, 0.1) is 12.2 Å². The molecule has 0 saturated carbocycles. The molecule has 0 fully saturated rings. The minimum atomic E-state index is -0.286. The van der Waals surface area contributed by atoms with Crippen molar-refractivity contribution >= 4 is 21.9 Å². The van der Waals surface area contributed by atoms with E-state index in [1.165, 1.54) is 6.92 Å². The molecular weight excluding hydrogens is 332 g/mol. The molecule has 0 bridgehead atoms. The lowest BCUT2D eigenvalue weighted by Crippen LogP contribution is -2.39. The summed E-state index contributed by atoms with van der Waals surface area (Å²) in [5.41, 5.74) is 0. The van der Waals surface area contributed by atoms with E-state index in [9.17, 15) is 4.79 Å². The van der Waals surface area contributed by atoms with Crippen molar-refractivity contribution < 1.29 is 14.3 Å². The second-order valence-corrected chi connectivity index (χ2v) is 6.21. The molecule has 3 nitrogen and oxygen atoms in total. The summed E-state index contributed by atoms with van der Waals surface area (Å²) < 4.78 is 11.6. The van der Waals surface area contributed by atoms with Crippen molar-refractivity contribution in [3.05, 3.63) is 24.3 Å². The molecule has 21 heavy (non-hydrogen) atoms. The van der Waals surface area contributed by atoms with Crippen LogP contribution in [0.25, 0.3) is 0 Å². The van der Waals surface area contributed by atoms with Crippen molar-refractivity contribution in [3.63, 3.8) is 0 Å². The minimum Gasteiger partial charge on any atom is -0.459 e. The highest BCUT2D eigenvalue weighted by Gasteiger charge is 2.29. The number of carbonyl (C=O) groups excluding carboxylic acids is 1. The molecule has 4 atom stereocenters. The van der Waals surface area contributed by atoms with E-state index in [2.05, 4.69) is 40.9 Å². The molecule has 0 aliphatic carbocycles. The van der Waals surface area contributed by atoms with Crippen molar-refractivity contribution in [3.8, 4) is 12.3 Å². The van der Waals surface area contributed by atoms with Crippen LogP contribution in [0.2, 0.25) is 0 Å². The molecule has 0 spiro atoms. The van der Waals surface area contributed by atoms with E-state index in [1.54, 1.807) is 6.08 Å². The maximum Gasteiger partial charge on any atom is 0.303 e. The summed E-state index contributed by atoms with van der Waals surface area (Å²) in [6.07, 6.45) is 15.7. The number of allylic oxidation sites excluding steroid dienone is 1. The lowest BCUT2D eigenvalue weighted by molar-refractivity contribution is -0.158. The van der Waals surface area contributed by atoms with Crippen molar-refractivity contribution in [2.45, 2.75) is 62.7 Å². The number of carbonyl (C=O) groups is 1. The maximum atomic E-state index is 11.3. The molecule has 1 heterocycles. The average Bonchev–Trinajstić information content (AvgIpc) is 2.44. The van der Waals surface area contributed by atoms with Gasteiger partial charge < -0.3 is 9.47 Å². The van der Waals surface area contributed by atoms with Gasteiger partial charge in [0.15, 0.2) is 0 Å². The van der Waals surface area contributed by atoms with E-state index in [4.69, 9.17) is 15.9 Å². The van der Waals surface area contributed by atoms with Crippen LogP contribution in [0.4, 0.5) is 0 Å². The topological polar surface area (TPSA) is 35.5 Å². The molecule has 1 unspecified atom stereocenters. The summed E-state index contributed by atoms with van der Waals surface area (Å²) in [6, 6.07) is 0. The van der Waals surface area contributed by atoms with Crippen LogP contribution in [-0.4, -0.2) is 29.1 Å². The van der Waals surface area contributed by atoms with E-state index in [1.807, 2.05) is 6.08 Å². The van der Waals surface area contributed by atoms with Gasteiger partial charge in [-0.15, -0.1) is 6.42 Å². The number of halogens is 1. The predicted molar refractivity (Wildman–Crippen MR) is 88.2 cm³/mol. The summed E-state index contributed by atoms with van der Waals surface area (Å²) in [5, 5.41) is 0. The molecule has 0 aromatic rings. The third kappa shape index (κ3) is 6.50. The highest BCUT2D eigenvalue weighted by molar-refractivity contribution is 9.09. The Bertz CT molecular complexity index is 422. The number of rotatable bonds is 5. The number of hydrogen-bond acceptors (Lipinski definition) is 3. The van der Waals surface area contributed by atoms with Crippen LogP contribution in [0.1, 0.15) is 39.5 Å². The molecule has 1 aliphatic rings. The second-order valence-electron chi connectivity index (χ2n) is 5.03.